The van der Waals surface area contributed by atoms with Gasteiger partial charge in [-0.2, -0.15) is 0 Å². The molecule has 0 aromatic heterocycles. The molecule has 0 amide bonds. The number of likely N-dealkylation sites (N-methyl/N-ethyl adjacent to an activating group) is 1. The van der Waals surface area contributed by atoms with E-state index in [4.69, 9.17) is 0 Å². The monoisotopic (exact) mass is 255 g/mol. The van der Waals surface area contributed by atoms with E-state index in [1.807, 2.05) is 0 Å². The summed E-state index contributed by atoms with van der Waals surface area (Å²) in [6.07, 6.45) is 2.75. The molecule has 18 heavy (non-hydrogen) atoms. The molecule has 0 aliphatic carbocycles. The largest absolute Gasteiger partial charge is 0.314 e. The van der Waals surface area contributed by atoms with Gasteiger partial charge in [-0.25, -0.2) is 8.78 Å². The summed E-state index contributed by atoms with van der Waals surface area (Å²) in [6, 6.07) is 4.10. The van der Waals surface area contributed by atoms with Crippen molar-refractivity contribution < 1.29 is 8.78 Å². The summed E-state index contributed by atoms with van der Waals surface area (Å²) >= 11 is 0. The van der Waals surface area contributed by atoms with Crippen molar-refractivity contribution in [3.8, 4) is 0 Å². The lowest BCUT2D eigenvalue weighted by molar-refractivity contribution is 0.334. The van der Waals surface area contributed by atoms with E-state index in [1.54, 1.807) is 6.07 Å². The second-order valence-corrected chi connectivity index (χ2v) is 4.68. The first-order valence-corrected chi connectivity index (χ1v) is 6.79. The smallest absolute Gasteiger partial charge is 0.129 e. The molecule has 1 atom stereocenters. The van der Waals surface area contributed by atoms with Crippen molar-refractivity contribution in [1.29, 1.82) is 0 Å². The predicted molar refractivity (Wildman–Crippen MR) is 71.6 cm³/mol. The molecule has 0 bridgehead atoms. The van der Waals surface area contributed by atoms with E-state index in [0.717, 1.165) is 25.5 Å². The summed E-state index contributed by atoms with van der Waals surface area (Å²) in [4.78, 5) is 0. The minimum Gasteiger partial charge on any atom is -0.314 e. The van der Waals surface area contributed by atoms with Gasteiger partial charge in [0, 0.05) is 12.1 Å². The molecule has 102 valence electrons. The molecule has 0 aliphatic rings. The van der Waals surface area contributed by atoms with Crippen LogP contribution in [0.1, 0.15) is 39.2 Å². The molecule has 0 radical (unpaired) electrons. The van der Waals surface area contributed by atoms with E-state index in [0.29, 0.717) is 17.9 Å². The highest BCUT2D eigenvalue weighted by Gasteiger charge is 2.19. The van der Waals surface area contributed by atoms with Gasteiger partial charge >= 0.3 is 0 Å². The van der Waals surface area contributed by atoms with Gasteiger partial charge in [-0.3, -0.25) is 0 Å². The zero-order chi connectivity index (χ0) is 13.5. The average Bonchev–Trinajstić information content (AvgIpc) is 2.34. The van der Waals surface area contributed by atoms with Crippen LogP contribution in [0.2, 0.25) is 0 Å². The first-order valence-electron chi connectivity index (χ1n) is 6.79. The minimum absolute atomic E-state index is 0.255. The van der Waals surface area contributed by atoms with Crippen LogP contribution in [0.4, 0.5) is 8.78 Å². The Balaban J connectivity index is 2.82. The van der Waals surface area contributed by atoms with E-state index < -0.39 is 11.6 Å². The molecule has 1 unspecified atom stereocenters. The normalized spacial score (nSPS) is 13.0. The molecule has 1 N–H and O–H groups in total. The van der Waals surface area contributed by atoms with Crippen LogP contribution in [0, 0.1) is 17.6 Å². The fourth-order valence-electron chi connectivity index (χ4n) is 2.45. The van der Waals surface area contributed by atoms with Crippen LogP contribution in [-0.4, -0.2) is 12.6 Å². The molecular weight excluding hydrogens is 232 g/mol. The van der Waals surface area contributed by atoms with Crippen molar-refractivity contribution in [2.24, 2.45) is 5.92 Å². The van der Waals surface area contributed by atoms with Gasteiger partial charge in [0.05, 0.1) is 0 Å². The highest BCUT2D eigenvalue weighted by Crippen LogP contribution is 2.19. The van der Waals surface area contributed by atoms with Crippen LogP contribution in [-0.2, 0) is 6.42 Å². The first kappa shape index (κ1) is 15.1. The number of nitrogens with one attached hydrogen (secondary N) is 1. The summed E-state index contributed by atoms with van der Waals surface area (Å²) in [5.74, 6) is -0.433. The molecular formula is C15H23F2N. The van der Waals surface area contributed by atoms with Gasteiger partial charge in [0.25, 0.3) is 0 Å². The number of benzene rings is 1. The Bertz CT molecular complexity index is 362. The molecule has 1 aromatic carbocycles. The van der Waals surface area contributed by atoms with Gasteiger partial charge in [0.15, 0.2) is 0 Å². The third-order valence-corrected chi connectivity index (χ3v) is 3.54. The average molecular weight is 255 g/mol. The van der Waals surface area contributed by atoms with Crippen molar-refractivity contribution in [2.45, 2.75) is 46.1 Å². The third kappa shape index (κ3) is 4.05. The van der Waals surface area contributed by atoms with E-state index in [2.05, 4.69) is 26.1 Å². The Morgan fingerprint density at radius 1 is 1.11 bits per heavy atom. The molecule has 0 saturated heterocycles. The molecule has 0 heterocycles. The van der Waals surface area contributed by atoms with Crippen LogP contribution in [0.25, 0.3) is 0 Å². The number of hydrogen-bond acceptors (Lipinski definition) is 1. The third-order valence-electron chi connectivity index (χ3n) is 3.54. The van der Waals surface area contributed by atoms with Crippen LogP contribution in [0.3, 0.4) is 0 Å². The second kappa shape index (κ2) is 7.47. The zero-order valence-electron chi connectivity index (χ0n) is 11.5. The van der Waals surface area contributed by atoms with Crippen molar-refractivity contribution in [3.63, 3.8) is 0 Å². The van der Waals surface area contributed by atoms with Crippen molar-refractivity contribution >= 4 is 0 Å². The molecule has 0 spiro atoms. The van der Waals surface area contributed by atoms with Crippen LogP contribution in [0.15, 0.2) is 18.2 Å². The van der Waals surface area contributed by atoms with Crippen LogP contribution in [0.5, 0.6) is 0 Å². The lowest BCUT2D eigenvalue weighted by Crippen LogP contribution is -2.37. The van der Waals surface area contributed by atoms with E-state index >= 15 is 0 Å². The van der Waals surface area contributed by atoms with Crippen molar-refractivity contribution in [2.75, 3.05) is 6.54 Å². The van der Waals surface area contributed by atoms with Gasteiger partial charge < -0.3 is 5.32 Å². The van der Waals surface area contributed by atoms with Crippen LogP contribution >= 0.6 is 0 Å². The van der Waals surface area contributed by atoms with Gasteiger partial charge in [-0.05, 0) is 30.5 Å². The molecule has 0 saturated carbocycles. The van der Waals surface area contributed by atoms with Crippen LogP contribution < -0.4 is 5.32 Å². The highest BCUT2D eigenvalue weighted by molar-refractivity contribution is 5.19. The predicted octanol–water partition coefficient (Wildman–Crippen LogP) is 3.92. The summed E-state index contributed by atoms with van der Waals surface area (Å²) in [5.41, 5.74) is 0.592. The van der Waals surface area contributed by atoms with E-state index in [1.165, 1.54) is 6.07 Å². The topological polar surface area (TPSA) is 12.0 Å². The maximum absolute atomic E-state index is 13.7. The Kier molecular flexibility index (Phi) is 6.27. The number of hydrogen-bond donors (Lipinski definition) is 1. The molecule has 1 aromatic rings. The maximum atomic E-state index is 13.7. The van der Waals surface area contributed by atoms with Crippen molar-refractivity contribution in [1.82, 2.24) is 5.32 Å². The fraction of sp³-hybridized carbons (Fsp3) is 0.600. The number of rotatable bonds is 7. The maximum Gasteiger partial charge on any atom is 0.129 e. The highest BCUT2D eigenvalue weighted by atomic mass is 19.1. The van der Waals surface area contributed by atoms with Gasteiger partial charge in [-0.1, -0.05) is 39.7 Å². The molecule has 0 aliphatic heterocycles. The summed E-state index contributed by atoms with van der Waals surface area (Å²) in [6.45, 7) is 7.22. The molecule has 1 rings (SSSR count). The standard InChI is InChI=1S/C15H23F2N/c1-4-11(5-2)15(18-6-3)9-12-7-8-13(16)10-14(12)17/h7-8,10-11,15,18H,4-6,9H2,1-3H3. The van der Waals surface area contributed by atoms with Crippen molar-refractivity contribution in [3.05, 3.63) is 35.4 Å². The Morgan fingerprint density at radius 3 is 2.28 bits per heavy atom. The van der Waals surface area contributed by atoms with Gasteiger partial charge in [0.1, 0.15) is 11.6 Å². The van der Waals surface area contributed by atoms with E-state index in [-0.39, 0.29) is 6.04 Å². The van der Waals surface area contributed by atoms with Gasteiger partial charge in [-0.15, -0.1) is 0 Å². The molecule has 0 fully saturated rings. The quantitative estimate of drug-likeness (QED) is 0.778. The SMILES string of the molecule is CCNC(Cc1ccc(F)cc1F)C(CC)CC. The summed E-state index contributed by atoms with van der Waals surface area (Å²) in [7, 11) is 0. The van der Waals surface area contributed by atoms with Gasteiger partial charge in [0.2, 0.25) is 0 Å². The Hall–Kier alpha value is -0.960. The summed E-state index contributed by atoms with van der Waals surface area (Å²) in [5, 5.41) is 3.41. The number of halogens is 2. The fourth-order valence-corrected chi connectivity index (χ4v) is 2.45. The minimum atomic E-state index is -0.515. The second-order valence-electron chi connectivity index (χ2n) is 4.68. The van der Waals surface area contributed by atoms with E-state index in [9.17, 15) is 8.78 Å². The zero-order valence-corrected chi connectivity index (χ0v) is 11.5. The Labute approximate surface area is 109 Å². The lowest BCUT2D eigenvalue weighted by Gasteiger charge is -2.26. The summed E-state index contributed by atoms with van der Waals surface area (Å²) < 4.78 is 26.5. The lowest BCUT2D eigenvalue weighted by atomic mass is 9.89. The first-order chi connectivity index (χ1) is 8.62. The molecule has 1 nitrogen and oxygen atoms in total. The Morgan fingerprint density at radius 2 is 1.78 bits per heavy atom. The molecule has 3 heteroatoms.